The van der Waals surface area contributed by atoms with Crippen molar-refractivity contribution >= 4 is 29.6 Å². The van der Waals surface area contributed by atoms with Gasteiger partial charge >= 0.3 is 0 Å². The van der Waals surface area contributed by atoms with Crippen molar-refractivity contribution in [3.63, 3.8) is 0 Å². The molecule has 3 aliphatic heterocycles. The van der Waals surface area contributed by atoms with E-state index in [1.54, 1.807) is 41.1 Å². The average Bonchev–Trinajstić information content (AvgIpc) is 3.29. The van der Waals surface area contributed by atoms with Crippen molar-refractivity contribution in [3.05, 3.63) is 76.5 Å². The summed E-state index contributed by atoms with van der Waals surface area (Å²) in [5, 5.41) is 0.557. The van der Waals surface area contributed by atoms with Crippen molar-refractivity contribution in [1.29, 1.82) is 0 Å². The SMILES string of the molecule is CC1(C(=O)N2CCN3C(=O)c4ncccc4CC32c2ccc(Cl)cc2)C=NC(F)=C1. The fourth-order valence-electron chi connectivity index (χ4n) is 4.67. The molecule has 2 unspecified atom stereocenters. The first-order valence-corrected chi connectivity index (χ1v) is 10.0. The Labute approximate surface area is 177 Å². The van der Waals surface area contributed by atoms with Crippen LogP contribution in [0.2, 0.25) is 5.02 Å². The van der Waals surface area contributed by atoms with E-state index in [9.17, 15) is 14.0 Å². The third-order valence-electron chi connectivity index (χ3n) is 6.10. The lowest BCUT2D eigenvalue weighted by molar-refractivity contribution is -0.144. The second kappa shape index (κ2) is 6.47. The number of amides is 2. The molecule has 152 valence electrons. The van der Waals surface area contributed by atoms with Crippen molar-refractivity contribution in [2.24, 2.45) is 10.4 Å². The summed E-state index contributed by atoms with van der Waals surface area (Å²) in [4.78, 5) is 38.3. The van der Waals surface area contributed by atoms with E-state index in [1.165, 1.54) is 12.3 Å². The number of pyridine rings is 1. The van der Waals surface area contributed by atoms with E-state index in [0.717, 1.165) is 11.1 Å². The first-order valence-electron chi connectivity index (χ1n) is 9.63. The smallest absolute Gasteiger partial charge is 0.274 e. The van der Waals surface area contributed by atoms with Crippen molar-refractivity contribution in [3.8, 4) is 0 Å². The molecule has 4 heterocycles. The quantitative estimate of drug-likeness (QED) is 0.694. The van der Waals surface area contributed by atoms with Gasteiger partial charge in [0.2, 0.25) is 11.9 Å². The highest BCUT2D eigenvalue weighted by Gasteiger charge is 2.58. The van der Waals surface area contributed by atoms with Gasteiger partial charge in [0, 0.05) is 36.9 Å². The van der Waals surface area contributed by atoms with Crippen molar-refractivity contribution in [1.82, 2.24) is 14.8 Å². The number of nitrogens with zero attached hydrogens (tertiary/aromatic N) is 4. The molecule has 2 aromatic rings. The van der Waals surface area contributed by atoms with Crippen LogP contribution in [0.5, 0.6) is 0 Å². The van der Waals surface area contributed by atoms with Gasteiger partial charge in [0.1, 0.15) is 16.8 Å². The molecule has 0 aliphatic carbocycles. The van der Waals surface area contributed by atoms with Crippen LogP contribution < -0.4 is 0 Å². The molecule has 1 aromatic heterocycles. The molecule has 2 amide bonds. The first-order chi connectivity index (χ1) is 14.3. The standard InChI is InChI=1S/C22H18ClFN4O2/c1-21(12-17(24)26-13-21)20(30)28-10-9-27-19(29)18-14(3-2-8-25-18)11-22(27,28)15-4-6-16(23)7-5-15/h2-8,12-13H,9-11H2,1H3. The van der Waals surface area contributed by atoms with Crippen LogP contribution in [0.15, 0.2) is 59.6 Å². The van der Waals surface area contributed by atoms with E-state index in [2.05, 4.69) is 9.98 Å². The van der Waals surface area contributed by atoms with E-state index >= 15 is 0 Å². The zero-order chi connectivity index (χ0) is 21.1. The van der Waals surface area contributed by atoms with Crippen molar-refractivity contribution in [2.75, 3.05) is 13.1 Å². The third-order valence-corrected chi connectivity index (χ3v) is 6.36. The predicted octanol–water partition coefficient (Wildman–Crippen LogP) is 3.33. The van der Waals surface area contributed by atoms with Gasteiger partial charge in [0.15, 0.2) is 0 Å². The van der Waals surface area contributed by atoms with Gasteiger partial charge in [-0.3, -0.25) is 14.6 Å². The van der Waals surface area contributed by atoms with E-state index in [0.29, 0.717) is 30.2 Å². The minimum atomic E-state index is -1.21. The molecule has 0 radical (unpaired) electrons. The van der Waals surface area contributed by atoms with Crippen LogP contribution in [0.25, 0.3) is 0 Å². The lowest BCUT2D eigenvalue weighted by atomic mass is 9.83. The lowest BCUT2D eigenvalue weighted by Crippen LogP contribution is -2.60. The fraction of sp³-hybridized carbons (Fsp3) is 0.273. The molecule has 3 aliphatic rings. The van der Waals surface area contributed by atoms with Crippen LogP contribution in [-0.4, -0.2) is 45.9 Å². The van der Waals surface area contributed by atoms with Gasteiger partial charge in [-0.1, -0.05) is 29.8 Å². The van der Waals surface area contributed by atoms with Crippen LogP contribution in [0.4, 0.5) is 4.39 Å². The Morgan fingerprint density at radius 3 is 2.67 bits per heavy atom. The number of aromatic nitrogens is 1. The minimum absolute atomic E-state index is 0.228. The minimum Gasteiger partial charge on any atom is -0.312 e. The van der Waals surface area contributed by atoms with Gasteiger partial charge in [-0.15, -0.1) is 0 Å². The average molecular weight is 425 g/mol. The second-order valence-corrected chi connectivity index (χ2v) is 8.37. The number of carbonyl (C=O) groups excluding carboxylic acids is 2. The molecule has 0 spiro atoms. The number of aliphatic imine (C=N–C) groups is 1. The maximum absolute atomic E-state index is 13.7. The molecule has 8 heteroatoms. The number of hydrogen-bond acceptors (Lipinski definition) is 4. The highest BCUT2D eigenvalue weighted by atomic mass is 35.5. The van der Waals surface area contributed by atoms with Crippen LogP contribution in [0.3, 0.4) is 0 Å². The molecule has 6 nitrogen and oxygen atoms in total. The van der Waals surface area contributed by atoms with Gasteiger partial charge in [-0.05, 0) is 42.3 Å². The molecule has 5 rings (SSSR count). The van der Waals surface area contributed by atoms with Crippen LogP contribution in [-0.2, 0) is 16.9 Å². The number of fused-ring (bicyclic) bond motifs is 2. The summed E-state index contributed by atoms with van der Waals surface area (Å²) in [5.41, 5.74) is -0.323. The van der Waals surface area contributed by atoms with Gasteiger partial charge in [0.05, 0.1) is 0 Å². The molecule has 1 fully saturated rings. The Bertz CT molecular complexity index is 1130. The van der Waals surface area contributed by atoms with Gasteiger partial charge in [-0.2, -0.15) is 4.39 Å². The number of halogens is 2. The molecule has 0 bridgehead atoms. The Hall–Kier alpha value is -3.06. The van der Waals surface area contributed by atoms with Gasteiger partial charge in [0.25, 0.3) is 5.91 Å². The zero-order valence-electron chi connectivity index (χ0n) is 16.2. The molecule has 30 heavy (non-hydrogen) atoms. The summed E-state index contributed by atoms with van der Waals surface area (Å²) in [5.74, 6) is -1.22. The monoisotopic (exact) mass is 424 g/mol. The molecule has 0 N–H and O–H groups in total. The highest BCUT2D eigenvalue weighted by molar-refractivity contribution is 6.30. The number of carbonyl (C=O) groups is 2. The van der Waals surface area contributed by atoms with Gasteiger partial charge < -0.3 is 9.80 Å². The lowest BCUT2D eigenvalue weighted by Gasteiger charge is -2.48. The van der Waals surface area contributed by atoms with Crippen LogP contribution in [0, 0.1) is 5.41 Å². The molecule has 1 saturated heterocycles. The van der Waals surface area contributed by atoms with E-state index in [4.69, 9.17) is 11.6 Å². The summed E-state index contributed by atoms with van der Waals surface area (Å²) in [7, 11) is 0. The largest absolute Gasteiger partial charge is 0.312 e. The number of hydrogen-bond donors (Lipinski definition) is 0. The Morgan fingerprint density at radius 1 is 1.20 bits per heavy atom. The van der Waals surface area contributed by atoms with Crippen LogP contribution >= 0.6 is 11.6 Å². The Balaban J connectivity index is 1.69. The summed E-state index contributed by atoms with van der Waals surface area (Å²) >= 11 is 6.10. The van der Waals surface area contributed by atoms with E-state index in [1.807, 2.05) is 18.2 Å². The molecule has 2 atom stereocenters. The number of rotatable bonds is 2. The maximum atomic E-state index is 13.7. The first kappa shape index (κ1) is 18.9. The Morgan fingerprint density at radius 2 is 1.97 bits per heavy atom. The molecular formula is C22H18ClFN4O2. The maximum Gasteiger partial charge on any atom is 0.274 e. The van der Waals surface area contributed by atoms with E-state index < -0.39 is 17.0 Å². The Kier molecular flexibility index (Phi) is 4.08. The predicted molar refractivity (Wildman–Crippen MR) is 110 cm³/mol. The molecule has 1 aromatic carbocycles. The highest BCUT2D eigenvalue weighted by Crippen LogP contribution is 2.46. The van der Waals surface area contributed by atoms with Crippen molar-refractivity contribution in [2.45, 2.75) is 19.0 Å². The number of benzene rings is 1. The zero-order valence-corrected chi connectivity index (χ0v) is 16.9. The summed E-state index contributed by atoms with van der Waals surface area (Å²) in [6.07, 6.45) is 4.51. The van der Waals surface area contributed by atoms with Crippen molar-refractivity contribution < 1.29 is 14.0 Å². The van der Waals surface area contributed by atoms with Gasteiger partial charge in [-0.25, -0.2) is 4.99 Å². The fourth-order valence-corrected chi connectivity index (χ4v) is 4.79. The second-order valence-electron chi connectivity index (χ2n) is 7.93. The summed E-state index contributed by atoms with van der Waals surface area (Å²) in [6.45, 7) is 2.30. The topological polar surface area (TPSA) is 65.9 Å². The third kappa shape index (κ3) is 2.55. The molecular weight excluding hydrogens is 407 g/mol. The summed E-state index contributed by atoms with van der Waals surface area (Å²) < 4.78 is 13.7. The van der Waals surface area contributed by atoms with Crippen LogP contribution in [0.1, 0.15) is 28.5 Å². The normalized spacial score (nSPS) is 27.2. The molecule has 0 saturated carbocycles. The van der Waals surface area contributed by atoms with E-state index in [-0.39, 0.29) is 11.8 Å². The summed E-state index contributed by atoms with van der Waals surface area (Å²) in [6, 6.07) is 10.8.